The molecule has 0 radical (unpaired) electrons. The first-order valence-corrected chi connectivity index (χ1v) is 10.1. The van der Waals surface area contributed by atoms with Gasteiger partial charge in [0.2, 0.25) is 0 Å². The summed E-state index contributed by atoms with van der Waals surface area (Å²) >= 11 is 1.20. The van der Waals surface area contributed by atoms with E-state index in [2.05, 4.69) is 30.5 Å². The average Bonchev–Trinajstić information content (AvgIpc) is 3.27. The molecule has 0 spiro atoms. The second kappa shape index (κ2) is 6.26. The highest BCUT2D eigenvalue weighted by molar-refractivity contribution is 7.07. The Bertz CT molecular complexity index is 821. The molecule has 2 aromatic rings. The van der Waals surface area contributed by atoms with Gasteiger partial charge in [-0.1, -0.05) is 10.9 Å². The summed E-state index contributed by atoms with van der Waals surface area (Å²) in [6.07, 6.45) is 5.54. The van der Waals surface area contributed by atoms with Gasteiger partial charge in [0.05, 0.1) is 5.69 Å². The molecule has 136 valence electrons. The van der Waals surface area contributed by atoms with Crippen LogP contribution in [-0.2, 0) is 0 Å². The Kier molecular flexibility index (Phi) is 3.88. The molecule has 2 unspecified atom stereocenters. The summed E-state index contributed by atoms with van der Waals surface area (Å²) < 4.78 is 3.89. The van der Waals surface area contributed by atoms with E-state index in [9.17, 15) is 4.79 Å². The van der Waals surface area contributed by atoms with Crippen molar-refractivity contribution in [2.75, 3.05) is 31.1 Å². The molecule has 8 heteroatoms. The molecule has 1 saturated carbocycles. The van der Waals surface area contributed by atoms with Crippen molar-refractivity contribution in [3.63, 3.8) is 0 Å². The van der Waals surface area contributed by atoms with E-state index >= 15 is 0 Å². The Balaban J connectivity index is 1.26. The lowest BCUT2D eigenvalue weighted by Gasteiger charge is -2.26. The van der Waals surface area contributed by atoms with Crippen LogP contribution in [0.1, 0.15) is 46.2 Å². The summed E-state index contributed by atoms with van der Waals surface area (Å²) in [6.45, 7) is 5.42. The van der Waals surface area contributed by atoms with Gasteiger partial charge in [0.1, 0.15) is 17.0 Å². The summed E-state index contributed by atoms with van der Waals surface area (Å²) in [6, 6.07) is 2.18. The predicted molar refractivity (Wildman–Crippen MR) is 98.4 cm³/mol. The number of aryl methyl sites for hydroxylation is 1. The van der Waals surface area contributed by atoms with Crippen molar-refractivity contribution >= 4 is 23.3 Å². The molecular weight excluding hydrogens is 348 g/mol. The van der Waals surface area contributed by atoms with Gasteiger partial charge in [-0.05, 0) is 31.3 Å². The zero-order valence-corrected chi connectivity index (χ0v) is 15.7. The lowest BCUT2D eigenvalue weighted by molar-refractivity contribution is 0.0786. The van der Waals surface area contributed by atoms with Gasteiger partial charge in [0.25, 0.3) is 5.91 Å². The summed E-state index contributed by atoms with van der Waals surface area (Å²) in [7, 11) is 0. The van der Waals surface area contributed by atoms with E-state index in [0.29, 0.717) is 22.6 Å². The van der Waals surface area contributed by atoms with Crippen LogP contribution in [-0.4, -0.2) is 56.5 Å². The molecule has 26 heavy (non-hydrogen) atoms. The molecule has 2 aliphatic heterocycles. The van der Waals surface area contributed by atoms with Crippen molar-refractivity contribution in [1.82, 2.24) is 24.5 Å². The fourth-order valence-corrected chi connectivity index (χ4v) is 5.00. The Morgan fingerprint density at radius 3 is 2.54 bits per heavy atom. The normalized spacial score (nSPS) is 25.4. The number of nitrogens with zero attached hydrogens (tertiary/aromatic N) is 6. The van der Waals surface area contributed by atoms with Gasteiger partial charge in [-0.25, -0.2) is 9.97 Å². The van der Waals surface area contributed by atoms with E-state index < -0.39 is 0 Å². The number of carbonyl (C=O) groups is 1. The molecule has 3 fully saturated rings. The Morgan fingerprint density at radius 2 is 1.92 bits per heavy atom. The Labute approximate surface area is 156 Å². The number of hydrogen-bond donors (Lipinski definition) is 0. The van der Waals surface area contributed by atoms with E-state index in [4.69, 9.17) is 0 Å². The third-order valence-corrected chi connectivity index (χ3v) is 6.96. The number of fused-ring (bicyclic) bond motifs is 1. The minimum Gasteiger partial charge on any atom is -0.356 e. The number of hydrogen-bond acceptors (Lipinski definition) is 7. The molecule has 1 amide bonds. The highest BCUT2D eigenvalue weighted by Gasteiger charge is 2.42. The van der Waals surface area contributed by atoms with Crippen LogP contribution in [0.3, 0.4) is 0 Å². The molecule has 2 saturated heterocycles. The van der Waals surface area contributed by atoms with Gasteiger partial charge >= 0.3 is 0 Å². The molecule has 2 aromatic heterocycles. The van der Waals surface area contributed by atoms with Crippen LogP contribution < -0.4 is 4.90 Å². The SMILES string of the molecule is Cc1nnsc1C(=O)N1CC2CN(c3cc(C4CCC4)ncn3)CC2C1. The molecule has 0 N–H and O–H groups in total. The third-order valence-electron chi connectivity index (χ3n) is 6.14. The second-order valence-electron chi connectivity index (χ2n) is 7.75. The number of likely N-dealkylation sites (tertiary alicyclic amines) is 1. The smallest absolute Gasteiger partial charge is 0.267 e. The first kappa shape index (κ1) is 16.1. The maximum Gasteiger partial charge on any atom is 0.267 e. The first-order valence-electron chi connectivity index (χ1n) is 9.34. The number of rotatable bonds is 3. The minimum absolute atomic E-state index is 0.0905. The zero-order valence-electron chi connectivity index (χ0n) is 14.8. The molecular formula is C18H22N6OS. The van der Waals surface area contributed by atoms with Crippen molar-refractivity contribution in [2.45, 2.75) is 32.1 Å². The second-order valence-corrected chi connectivity index (χ2v) is 8.51. The molecule has 0 aromatic carbocycles. The number of carbonyl (C=O) groups excluding carboxylic acids is 1. The minimum atomic E-state index is 0.0905. The van der Waals surface area contributed by atoms with Crippen molar-refractivity contribution < 1.29 is 4.79 Å². The van der Waals surface area contributed by atoms with Gasteiger partial charge in [-0.15, -0.1) is 5.10 Å². The van der Waals surface area contributed by atoms with E-state index in [1.165, 1.54) is 36.5 Å². The van der Waals surface area contributed by atoms with Gasteiger partial charge in [-0.2, -0.15) is 0 Å². The number of amides is 1. The van der Waals surface area contributed by atoms with Crippen molar-refractivity contribution in [3.05, 3.63) is 28.7 Å². The van der Waals surface area contributed by atoms with Crippen molar-refractivity contribution in [2.24, 2.45) is 11.8 Å². The number of aromatic nitrogens is 4. The number of anilines is 1. The monoisotopic (exact) mass is 370 g/mol. The van der Waals surface area contributed by atoms with Gasteiger partial charge < -0.3 is 9.80 Å². The highest BCUT2D eigenvalue weighted by Crippen LogP contribution is 2.38. The average molecular weight is 370 g/mol. The Hall–Kier alpha value is -2.09. The van der Waals surface area contributed by atoms with E-state index in [-0.39, 0.29) is 5.91 Å². The maximum absolute atomic E-state index is 12.7. The topological polar surface area (TPSA) is 75.1 Å². The van der Waals surface area contributed by atoms with Crippen LogP contribution in [0.4, 0.5) is 5.82 Å². The molecule has 3 aliphatic rings. The molecule has 7 nitrogen and oxygen atoms in total. The lowest BCUT2D eigenvalue weighted by Crippen LogP contribution is -2.33. The van der Waals surface area contributed by atoms with E-state index in [0.717, 1.165) is 37.7 Å². The maximum atomic E-state index is 12.7. The molecule has 1 aliphatic carbocycles. The van der Waals surface area contributed by atoms with Gasteiger partial charge in [0, 0.05) is 55.7 Å². The van der Waals surface area contributed by atoms with E-state index in [1.54, 1.807) is 6.33 Å². The Morgan fingerprint density at radius 1 is 1.15 bits per heavy atom. The quantitative estimate of drug-likeness (QED) is 0.824. The van der Waals surface area contributed by atoms with Crippen LogP contribution in [0, 0.1) is 18.8 Å². The predicted octanol–water partition coefficient (Wildman–Crippen LogP) is 2.11. The largest absolute Gasteiger partial charge is 0.356 e. The molecule has 5 rings (SSSR count). The summed E-state index contributed by atoms with van der Waals surface area (Å²) in [5.74, 6) is 2.80. The fourth-order valence-electron chi connectivity index (χ4n) is 4.38. The fraction of sp³-hybridized carbons (Fsp3) is 0.611. The van der Waals surface area contributed by atoms with Crippen molar-refractivity contribution in [3.8, 4) is 0 Å². The van der Waals surface area contributed by atoms with Gasteiger partial charge in [0.15, 0.2) is 0 Å². The van der Waals surface area contributed by atoms with Crippen LogP contribution in [0.5, 0.6) is 0 Å². The lowest BCUT2D eigenvalue weighted by atomic mass is 9.83. The molecule has 2 atom stereocenters. The van der Waals surface area contributed by atoms with E-state index in [1.807, 2.05) is 11.8 Å². The standard InChI is InChI=1S/C18H22N6OS/c1-11-17(26-22-21-11)18(25)24-8-13-6-23(7-14(13)9-24)16-5-15(19-10-20-16)12-3-2-4-12/h5,10,12-14H,2-4,6-9H2,1H3. The summed E-state index contributed by atoms with van der Waals surface area (Å²) in [5.41, 5.74) is 1.94. The van der Waals surface area contributed by atoms with Crippen molar-refractivity contribution in [1.29, 1.82) is 0 Å². The molecule has 4 heterocycles. The zero-order chi connectivity index (χ0) is 17.7. The summed E-state index contributed by atoms with van der Waals surface area (Å²) in [4.78, 5) is 26.7. The van der Waals surface area contributed by atoms with Crippen LogP contribution >= 0.6 is 11.5 Å². The van der Waals surface area contributed by atoms with Crippen LogP contribution in [0.25, 0.3) is 0 Å². The molecule has 0 bridgehead atoms. The third kappa shape index (κ3) is 2.67. The highest BCUT2D eigenvalue weighted by atomic mass is 32.1. The summed E-state index contributed by atoms with van der Waals surface area (Å²) in [5, 5.41) is 3.97. The van der Waals surface area contributed by atoms with Crippen LogP contribution in [0.15, 0.2) is 12.4 Å². The first-order chi connectivity index (χ1) is 12.7. The van der Waals surface area contributed by atoms with Crippen LogP contribution in [0.2, 0.25) is 0 Å². The van der Waals surface area contributed by atoms with Gasteiger partial charge in [-0.3, -0.25) is 4.79 Å².